The molecule has 0 saturated carbocycles. The van der Waals surface area contributed by atoms with E-state index in [0.717, 1.165) is 37.7 Å². The number of rotatable bonds is 6. The van der Waals surface area contributed by atoms with Crippen LogP contribution in [-0.4, -0.2) is 11.2 Å². The molecular formula is C13H18ClFO. The summed E-state index contributed by atoms with van der Waals surface area (Å²) in [5.74, 6) is -0.378. The molecule has 0 fully saturated rings. The predicted molar refractivity (Wildman–Crippen MR) is 65.3 cm³/mol. The molecule has 1 nitrogen and oxygen atoms in total. The highest BCUT2D eigenvalue weighted by molar-refractivity contribution is 6.30. The molecule has 0 aliphatic carbocycles. The Morgan fingerprint density at radius 3 is 2.75 bits per heavy atom. The standard InChI is InChI=1S/C13H18ClFO/c1-2-4-11(16)6-3-5-10-7-8-13(15)12(14)9-10/h7-9,11,16H,2-6H2,1H3. The Kier molecular flexibility index (Phi) is 5.78. The van der Waals surface area contributed by atoms with E-state index in [1.807, 2.05) is 0 Å². The zero-order valence-electron chi connectivity index (χ0n) is 9.55. The number of aliphatic hydroxyl groups excluding tert-OH is 1. The van der Waals surface area contributed by atoms with Gasteiger partial charge in [-0.2, -0.15) is 0 Å². The van der Waals surface area contributed by atoms with Gasteiger partial charge in [-0.3, -0.25) is 0 Å². The summed E-state index contributed by atoms with van der Waals surface area (Å²) in [6, 6.07) is 4.79. The highest BCUT2D eigenvalue weighted by Crippen LogP contribution is 2.18. The van der Waals surface area contributed by atoms with E-state index < -0.39 is 0 Å². The highest BCUT2D eigenvalue weighted by atomic mass is 35.5. The predicted octanol–water partition coefficient (Wildman–Crippen LogP) is 3.96. The van der Waals surface area contributed by atoms with Crippen molar-refractivity contribution in [2.45, 2.75) is 45.1 Å². The summed E-state index contributed by atoms with van der Waals surface area (Å²) in [6.45, 7) is 2.06. The van der Waals surface area contributed by atoms with Crippen molar-refractivity contribution >= 4 is 11.6 Å². The van der Waals surface area contributed by atoms with Crippen LogP contribution in [0.2, 0.25) is 5.02 Å². The number of halogens is 2. The molecule has 0 aliphatic rings. The van der Waals surface area contributed by atoms with E-state index in [1.54, 1.807) is 12.1 Å². The zero-order valence-corrected chi connectivity index (χ0v) is 10.3. The van der Waals surface area contributed by atoms with Gasteiger partial charge in [-0.1, -0.05) is 31.0 Å². The maximum atomic E-state index is 12.9. The van der Waals surface area contributed by atoms with Crippen LogP contribution in [0.3, 0.4) is 0 Å². The van der Waals surface area contributed by atoms with Gasteiger partial charge in [-0.05, 0) is 43.4 Å². The van der Waals surface area contributed by atoms with Gasteiger partial charge in [0.1, 0.15) is 5.82 Å². The minimum absolute atomic E-state index is 0.173. The first-order valence-electron chi connectivity index (χ1n) is 5.75. The molecule has 3 heteroatoms. The fourth-order valence-electron chi connectivity index (χ4n) is 1.71. The molecule has 1 aromatic carbocycles. The molecule has 0 radical (unpaired) electrons. The molecule has 0 bridgehead atoms. The van der Waals surface area contributed by atoms with Crippen molar-refractivity contribution in [3.05, 3.63) is 34.6 Å². The molecular weight excluding hydrogens is 227 g/mol. The van der Waals surface area contributed by atoms with E-state index in [0.29, 0.717) is 0 Å². The summed E-state index contributed by atoms with van der Waals surface area (Å²) < 4.78 is 12.9. The summed E-state index contributed by atoms with van der Waals surface area (Å²) in [7, 11) is 0. The van der Waals surface area contributed by atoms with Crippen LogP contribution in [0.25, 0.3) is 0 Å². The molecule has 1 aromatic rings. The zero-order chi connectivity index (χ0) is 12.0. The molecule has 0 aromatic heterocycles. The van der Waals surface area contributed by atoms with Gasteiger partial charge in [0, 0.05) is 0 Å². The highest BCUT2D eigenvalue weighted by Gasteiger charge is 2.04. The number of aryl methyl sites for hydroxylation is 1. The van der Waals surface area contributed by atoms with Gasteiger partial charge < -0.3 is 5.11 Å². The van der Waals surface area contributed by atoms with E-state index >= 15 is 0 Å². The quantitative estimate of drug-likeness (QED) is 0.803. The van der Waals surface area contributed by atoms with E-state index in [9.17, 15) is 9.50 Å². The fraction of sp³-hybridized carbons (Fsp3) is 0.538. The molecule has 0 amide bonds. The van der Waals surface area contributed by atoms with Gasteiger partial charge in [0.05, 0.1) is 11.1 Å². The first-order chi connectivity index (χ1) is 7.63. The van der Waals surface area contributed by atoms with Crippen LogP contribution in [0.15, 0.2) is 18.2 Å². The average molecular weight is 245 g/mol. The summed E-state index contributed by atoms with van der Waals surface area (Å²) in [5, 5.41) is 9.71. The van der Waals surface area contributed by atoms with E-state index in [1.165, 1.54) is 6.07 Å². The van der Waals surface area contributed by atoms with Gasteiger partial charge in [-0.25, -0.2) is 4.39 Å². The summed E-state index contributed by atoms with van der Waals surface area (Å²) in [6.07, 6.45) is 4.18. The molecule has 16 heavy (non-hydrogen) atoms. The van der Waals surface area contributed by atoms with Crippen molar-refractivity contribution in [3.63, 3.8) is 0 Å². The number of hydrogen-bond donors (Lipinski definition) is 1. The Hall–Kier alpha value is -0.600. The Balaban J connectivity index is 2.34. The van der Waals surface area contributed by atoms with Crippen LogP contribution >= 0.6 is 11.6 Å². The third-order valence-electron chi connectivity index (χ3n) is 2.61. The molecule has 1 rings (SSSR count). The minimum atomic E-state index is -0.378. The van der Waals surface area contributed by atoms with Crippen LogP contribution in [0.5, 0.6) is 0 Å². The molecule has 0 saturated heterocycles. The van der Waals surface area contributed by atoms with Gasteiger partial charge in [0.25, 0.3) is 0 Å². The third-order valence-corrected chi connectivity index (χ3v) is 2.90. The molecule has 1 atom stereocenters. The maximum absolute atomic E-state index is 12.9. The lowest BCUT2D eigenvalue weighted by Crippen LogP contribution is -2.05. The van der Waals surface area contributed by atoms with Crippen molar-refractivity contribution in [1.29, 1.82) is 0 Å². The Bertz CT molecular complexity index is 328. The molecule has 0 spiro atoms. The summed E-state index contributed by atoms with van der Waals surface area (Å²) in [5.41, 5.74) is 1.02. The van der Waals surface area contributed by atoms with Crippen molar-refractivity contribution in [3.8, 4) is 0 Å². The van der Waals surface area contributed by atoms with Crippen molar-refractivity contribution in [2.75, 3.05) is 0 Å². The van der Waals surface area contributed by atoms with E-state index in [2.05, 4.69) is 6.92 Å². The fourth-order valence-corrected chi connectivity index (χ4v) is 1.92. The van der Waals surface area contributed by atoms with Crippen LogP contribution in [0.1, 0.15) is 38.2 Å². The molecule has 1 N–H and O–H groups in total. The van der Waals surface area contributed by atoms with Crippen LogP contribution in [0, 0.1) is 5.82 Å². The first kappa shape index (κ1) is 13.5. The van der Waals surface area contributed by atoms with Crippen molar-refractivity contribution in [2.24, 2.45) is 0 Å². The molecule has 1 unspecified atom stereocenters. The second-order valence-corrected chi connectivity index (χ2v) is 4.49. The topological polar surface area (TPSA) is 20.2 Å². The summed E-state index contributed by atoms with van der Waals surface area (Å²) in [4.78, 5) is 0. The number of hydrogen-bond acceptors (Lipinski definition) is 1. The lowest BCUT2D eigenvalue weighted by Gasteiger charge is -2.08. The molecule has 0 heterocycles. The van der Waals surface area contributed by atoms with Crippen LogP contribution < -0.4 is 0 Å². The van der Waals surface area contributed by atoms with Crippen molar-refractivity contribution in [1.82, 2.24) is 0 Å². The largest absolute Gasteiger partial charge is 0.393 e. The molecule has 0 aliphatic heterocycles. The average Bonchev–Trinajstić information content (AvgIpc) is 2.24. The number of aliphatic hydroxyl groups is 1. The Labute approximate surface area is 101 Å². The minimum Gasteiger partial charge on any atom is -0.393 e. The van der Waals surface area contributed by atoms with Crippen LogP contribution in [0.4, 0.5) is 4.39 Å². The van der Waals surface area contributed by atoms with Crippen molar-refractivity contribution < 1.29 is 9.50 Å². The van der Waals surface area contributed by atoms with Gasteiger partial charge in [0.15, 0.2) is 0 Å². The summed E-state index contributed by atoms with van der Waals surface area (Å²) >= 11 is 5.68. The maximum Gasteiger partial charge on any atom is 0.141 e. The van der Waals surface area contributed by atoms with E-state index in [4.69, 9.17) is 11.6 Å². The SMILES string of the molecule is CCCC(O)CCCc1ccc(F)c(Cl)c1. The van der Waals surface area contributed by atoms with Gasteiger partial charge in [-0.15, -0.1) is 0 Å². The Morgan fingerprint density at radius 1 is 1.38 bits per heavy atom. The first-order valence-corrected chi connectivity index (χ1v) is 6.13. The molecule has 90 valence electrons. The smallest absolute Gasteiger partial charge is 0.141 e. The second kappa shape index (κ2) is 6.87. The van der Waals surface area contributed by atoms with E-state index in [-0.39, 0.29) is 16.9 Å². The normalized spacial score (nSPS) is 12.8. The number of benzene rings is 1. The van der Waals surface area contributed by atoms with Gasteiger partial charge in [0.2, 0.25) is 0 Å². The third kappa shape index (κ3) is 4.50. The monoisotopic (exact) mass is 244 g/mol. The lowest BCUT2D eigenvalue weighted by molar-refractivity contribution is 0.151. The Morgan fingerprint density at radius 2 is 2.12 bits per heavy atom. The van der Waals surface area contributed by atoms with Gasteiger partial charge >= 0.3 is 0 Å². The van der Waals surface area contributed by atoms with Crippen LogP contribution in [-0.2, 0) is 6.42 Å². The lowest BCUT2D eigenvalue weighted by atomic mass is 10.0. The second-order valence-electron chi connectivity index (χ2n) is 4.08.